The molecule has 1 N–H and O–H groups in total. The Morgan fingerprint density at radius 1 is 1.27 bits per heavy atom. The second-order valence-corrected chi connectivity index (χ2v) is 7.96. The second-order valence-electron chi connectivity index (χ2n) is 7.96. The molecule has 7 nitrogen and oxygen atoms in total. The molecule has 1 amide bonds. The van der Waals surface area contributed by atoms with Crippen LogP contribution >= 0.6 is 0 Å². The van der Waals surface area contributed by atoms with Crippen LogP contribution in [0.15, 0.2) is 45.7 Å². The SMILES string of the molecule is CC1=C(C#N)C(=O)N(c2ncco2)C(O)/C1=C/c1cc2c3c(c1)CCCN3CCC2. The van der Waals surface area contributed by atoms with E-state index in [1.54, 1.807) is 6.92 Å². The van der Waals surface area contributed by atoms with Gasteiger partial charge in [-0.15, -0.1) is 0 Å². The number of oxazole rings is 1. The first-order valence-corrected chi connectivity index (χ1v) is 10.2. The summed E-state index contributed by atoms with van der Waals surface area (Å²) in [6, 6.07) is 6.28. The molecule has 1 aromatic heterocycles. The van der Waals surface area contributed by atoms with Crippen molar-refractivity contribution in [1.29, 1.82) is 5.26 Å². The molecule has 2 aromatic rings. The number of aliphatic hydroxyl groups is 1. The minimum Gasteiger partial charge on any atom is -0.432 e. The third kappa shape index (κ3) is 2.84. The van der Waals surface area contributed by atoms with Gasteiger partial charge in [0.1, 0.15) is 17.9 Å². The van der Waals surface area contributed by atoms with Gasteiger partial charge in [0.15, 0.2) is 6.23 Å². The number of aryl methyl sites for hydroxylation is 2. The lowest BCUT2D eigenvalue weighted by atomic mass is 9.88. The van der Waals surface area contributed by atoms with Crippen molar-refractivity contribution in [3.8, 4) is 6.07 Å². The van der Waals surface area contributed by atoms with Gasteiger partial charge in [0.25, 0.3) is 5.91 Å². The van der Waals surface area contributed by atoms with Crippen molar-refractivity contribution in [2.24, 2.45) is 0 Å². The van der Waals surface area contributed by atoms with E-state index in [4.69, 9.17) is 4.42 Å². The largest absolute Gasteiger partial charge is 0.432 e. The fourth-order valence-electron chi connectivity index (χ4n) is 4.80. The average Bonchev–Trinajstić information content (AvgIpc) is 3.26. The van der Waals surface area contributed by atoms with Gasteiger partial charge < -0.3 is 14.4 Å². The van der Waals surface area contributed by atoms with Gasteiger partial charge in [-0.1, -0.05) is 0 Å². The van der Waals surface area contributed by atoms with E-state index < -0.39 is 12.1 Å². The number of carbonyl (C=O) groups excluding carboxylic acids is 1. The zero-order chi connectivity index (χ0) is 20.8. The van der Waals surface area contributed by atoms with E-state index in [0.717, 1.165) is 49.2 Å². The molecule has 4 heterocycles. The molecule has 1 aromatic carbocycles. The van der Waals surface area contributed by atoms with Crippen LogP contribution in [0.3, 0.4) is 0 Å². The van der Waals surface area contributed by atoms with Crippen LogP contribution in [0.25, 0.3) is 6.08 Å². The van der Waals surface area contributed by atoms with Crippen LogP contribution in [0.5, 0.6) is 0 Å². The number of aromatic nitrogens is 1. The maximum Gasteiger partial charge on any atom is 0.306 e. The third-order valence-electron chi connectivity index (χ3n) is 6.18. The summed E-state index contributed by atoms with van der Waals surface area (Å²) in [4.78, 5) is 20.3. The Hall–Kier alpha value is -3.37. The highest BCUT2D eigenvalue weighted by Gasteiger charge is 2.38. The molecule has 3 aliphatic heterocycles. The first-order valence-electron chi connectivity index (χ1n) is 10.2. The van der Waals surface area contributed by atoms with Crippen LogP contribution in [0, 0.1) is 11.3 Å². The molecule has 5 rings (SSSR count). The summed E-state index contributed by atoms with van der Waals surface area (Å²) in [6.45, 7) is 3.92. The van der Waals surface area contributed by atoms with Gasteiger partial charge in [-0.05, 0) is 73.1 Å². The van der Waals surface area contributed by atoms with Crippen molar-refractivity contribution >= 4 is 23.7 Å². The van der Waals surface area contributed by atoms with Gasteiger partial charge in [-0.3, -0.25) is 4.79 Å². The van der Waals surface area contributed by atoms with E-state index in [1.807, 2.05) is 12.1 Å². The van der Waals surface area contributed by atoms with Crippen LogP contribution in [-0.2, 0) is 17.6 Å². The van der Waals surface area contributed by atoms with E-state index in [1.165, 1.54) is 29.3 Å². The van der Waals surface area contributed by atoms with Gasteiger partial charge in [-0.2, -0.15) is 5.26 Å². The molecule has 3 aliphatic rings. The first-order chi connectivity index (χ1) is 14.6. The van der Waals surface area contributed by atoms with Crippen LogP contribution < -0.4 is 9.80 Å². The number of nitriles is 1. The van der Waals surface area contributed by atoms with E-state index in [2.05, 4.69) is 22.0 Å². The van der Waals surface area contributed by atoms with E-state index in [9.17, 15) is 15.2 Å². The highest BCUT2D eigenvalue weighted by Crippen LogP contribution is 2.38. The third-order valence-corrected chi connectivity index (χ3v) is 6.18. The van der Waals surface area contributed by atoms with Crippen molar-refractivity contribution in [2.75, 3.05) is 22.9 Å². The predicted octanol–water partition coefficient (Wildman–Crippen LogP) is 2.96. The number of amides is 1. The fourth-order valence-corrected chi connectivity index (χ4v) is 4.80. The van der Waals surface area contributed by atoms with Crippen LogP contribution in [0.4, 0.5) is 11.7 Å². The molecule has 0 saturated carbocycles. The van der Waals surface area contributed by atoms with Gasteiger partial charge in [0.05, 0.1) is 6.20 Å². The summed E-state index contributed by atoms with van der Waals surface area (Å²) in [7, 11) is 0. The van der Waals surface area contributed by atoms with Gasteiger partial charge in [0.2, 0.25) is 0 Å². The quantitative estimate of drug-likeness (QED) is 0.830. The zero-order valence-electron chi connectivity index (χ0n) is 16.8. The number of nitrogens with zero attached hydrogens (tertiary/aromatic N) is 4. The Morgan fingerprint density at radius 3 is 2.57 bits per heavy atom. The maximum atomic E-state index is 12.8. The number of rotatable bonds is 2. The Labute approximate surface area is 174 Å². The molecule has 30 heavy (non-hydrogen) atoms. The van der Waals surface area contributed by atoms with Crippen molar-refractivity contribution in [2.45, 2.75) is 38.8 Å². The van der Waals surface area contributed by atoms with Crippen LogP contribution in [0.2, 0.25) is 0 Å². The molecular formula is C23H22N4O3. The van der Waals surface area contributed by atoms with E-state index in [0.29, 0.717) is 11.1 Å². The number of aliphatic hydroxyl groups excluding tert-OH is 1. The zero-order valence-corrected chi connectivity index (χ0v) is 16.8. The molecule has 0 bridgehead atoms. The summed E-state index contributed by atoms with van der Waals surface area (Å²) in [6.07, 6.45) is 7.68. The summed E-state index contributed by atoms with van der Waals surface area (Å²) < 4.78 is 5.24. The summed E-state index contributed by atoms with van der Waals surface area (Å²) in [5.74, 6) is -0.613. The lowest BCUT2D eigenvalue weighted by molar-refractivity contribution is -0.116. The molecular weight excluding hydrogens is 380 g/mol. The Kier molecular flexibility index (Phi) is 4.44. The summed E-state index contributed by atoms with van der Waals surface area (Å²) >= 11 is 0. The highest BCUT2D eigenvalue weighted by atomic mass is 16.4. The Morgan fingerprint density at radius 2 is 1.97 bits per heavy atom. The molecule has 0 spiro atoms. The smallest absolute Gasteiger partial charge is 0.306 e. The minimum atomic E-state index is -1.28. The van der Waals surface area contributed by atoms with Crippen LogP contribution in [0.1, 0.15) is 36.5 Å². The molecule has 0 aliphatic carbocycles. The van der Waals surface area contributed by atoms with Crippen LogP contribution in [-0.4, -0.2) is 35.3 Å². The molecule has 7 heteroatoms. The van der Waals surface area contributed by atoms with Gasteiger partial charge in [0, 0.05) is 24.4 Å². The lowest BCUT2D eigenvalue weighted by Crippen LogP contribution is -2.46. The molecule has 0 radical (unpaired) electrons. The maximum absolute atomic E-state index is 12.8. The first kappa shape index (κ1) is 18.6. The van der Waals surface area contributed by atoms with Gasteiger partial charge in [-0.25, -0.2) is 9.88 Å². The standard InChI is InChI=1S/C23H22N4O3/c1-14-18(21(28)27(22(29)19(14)13-24)23-25-6-9-30-23)12-15-10-16-4-2-7-26-8-3-5-17(11-15)20(16)26/h6,9-12,21,28H,2-5,7-8H2,1H3/b18-12+. The summed E-state index contributed by atoms with van der Waals surface area (Å²) in [5.41, 5.74) is 5.97. The number of hydrogen-bond donors (Lipinski definition) is 1. The minimum absolute atomic E-state index is 0.0183. The number of anilines is 2. The molecule has 0 fully saturated rings. The van der Waals surface area contributed by atoms with Crippen molar-refractivity contribution in [3.63, 3.8) is 0 Å². The monoisotopic (exact) mass is 402 g/mol. The van der Waals surface area contributed by atoms with E-state index in [-0.39, 0.29) is 11.6 Å². The average molecular weight is 402 g/mol. The van der Waals surface area contributed by atoms with Crippen molar-refractivity contribution < 1.29 is 14.3 Å². The normalized spacial score (nSPS) is 22.4. The Balaban J connectivity index is 1.63. The fraction of sp³-hybridized carbons (Fsp3) is 0.348. The summed E-state index contributed by atoms with van der Waals surface area (Å²) in [5, 5.41) is 20.6. The second kappa shape index (κ2) is 7.15. The van der Waals surface area contributed by atoms with Crippen molar-refractivity contribution in [3.05, 3.63) is 58.0 Å². The van der Waals surface area contributed by atoms with Crippen molar-refractivity contribution in [1.82, 2.24) is 4.98 Å². The lowest BCUT2D eigenvalue weighted by Gasteiger charge is -2.37. The topological polar surface area (TPSA) is 93.6 Å². The number of hydrogen-bond acceptors (Lipinski definition) is 6. The highest BCUT2D eigenvalue weighted by molar-refractivity contribution is 6.10. The number of carbonyl (C=O) groups is 1. The number of benzene rings is 1. The Bertz CT molecular complexity index is 1090. The predicted molar refractivity (Wildman–Crippen MR) is 112 cm³/mol. The van der Waals surface area contributed by atoms with E-state index >= 15 is 0 Å². The molecule has 152 valence electrons. The molecule has 0 saturated heterocycles. The molecule has 1 atom stereocenters. The van der Waals surface area contributed by atoms with Gasteiger partial charge >= 0.3 is 6.01 Å². The molecule has 1 unspecified atom stereocenters.